The van der Waals surface area contributed by atoms with Gasteiger partial charge in [0.2, 0.25) is 0 Å². The highest BCUT2D eigenvalue weighted by Gasteiger charge is 2.69. The van der Waals surface area contributed by atoms with Gasteiger partial charge in [0, 0.05) is 47.2 Å². The second-order valence-corrected chi connectivity index (χ2v) is 38.1. The Kier molecular flexibility index (Phi) is 31.0. The average Bonchev–Trinajstić information content (AvgIpc) is 1.65. The lowest BCUT2D eigenvalue weighted by molar-refractivity contribution is -0.374. The lowest BCUT2D eigenvalue weighted by Gasteiger charge is -2.50. The highest BCUT2D eigenvalue weighted by Crippen LogP contribution is 2.63. The maximum absolute atomic E-state index is 13.2. The molecule has 23 heteroatoms. The zero-order valence-corrected chi connectivity index (χ0v) is 64.5. The minimum absolute atomic E-state index is 0.0222. The van der Waals surface area contributed by atoms with Crippen LogP contribution in [0.3, 0.4) is 0 Å². The molecule has 568 valence electrons. The van der Waals surface area contributed by atoms with Crippen LogP contribution in [0.25, 0.3) is 0 Å². The predicted octanol–water partition coefficient (Wildman–Crippen LogP) is 20.9. The zero-order chi connectivity index (χ0) is 71.9. The van der Waals surface area contributed by atoms with Crippen molar-refractivity contribution in [3.63, 3.8) is 0 Å². The Balaban J connectivity index is 0.584. The average molecular weight is 1490 g/mol. The molecule has 8 rings (SSSR count). The van der Waals surface area contributed by atoms with Gasteiger partial charge in [0.1, 0.15) is 11.5 Å². The van der Waals surface area contributed by atoms with E-state index in [1.165, 1.54) is 67.2 Å². The summed E-state index contributed by atoms with van der Waals surface area (Å²) >= 11 is 0. The largest absolute Gasteiger partial charge is 0.494 e. The van der Waals surface area contributed by atoms with E-state index < -0.39 is 36.3 Å². The summed E-state index contributed by atoms with van der Waals surface area (Å²) in [7, 11) is 11.4. The van der Waals surface area contributed by atoms with Crippen molar-refractivity contribution in [1.82, 2.24) is 9.80 Å². The maximum Gasteiger partial charge on any atom is 0.426 e. The zero-order valence-electron chi connectivity index (χ0n) is 61.2. The van der Waals surface area contributed by atoms with Crippen molar-refractivity contribution in [2.75, 3.05) is 105 Å². The van der Waals surface area contributed by atoms with Gasteiger partial charge in [-0.1, -0.05) is 94.8 Å². The molecule has 10 atom stereocenters. The first-order chi connectivity index (χ1) is 46.7. The van der Waals surface area contributed by atoms with Crippen molar-refractivity contribution < 1.29 is 77.7 Å². The number of likely N-dealkylation sites (N-methyl/N-ethyl adjacent to an activating group) is 2. The summed E-state index contributed by atoms with van der Waals surface area (Å²) in [4.78, 5) is 14.7. The van der Waals surface area contributed by atoms with Crippen molar-refractivity contribution in [3.8, 4) is 11.5 Å². The van der Waals surface area contributed by atoms with Crippen LogP contribution >= 0.6 is 43.2 Å². The molecule has 6 aliphatic carbocycles. The molecule has 0 bridgehead atoms. The van der Waals surface area contributed by atoms with Gasteiger partial charge in [0.25, 0.3) is 5.60 Å². The number of rotatable bonds is 43. The number of aryl methyl sites for hydroxylation is 2. The fourth-order valence-corrected chi connectivity index (χ4v) is 22.1. The van der Waals surface area contributed by atoms with E-state index in [2.05, 4.69) is 82.7 Å². The lowest BCUT2D eigenvalue weighted by atomic mass is 9.55. The van der Waals surface area contributed by atoms with E-state index in [-0.39, 0.29) is 52.6 Å². The summed E-state index contributed by atoms with van der Waals surface area (Å²) in [6.45, 7) is 20.5. The van der Waals surface area contributed by atoms with Crippen molar-refractivity contribution in [2.24, 2.45) is 34.5 Å². The van der Waals surface area contributed by atoms with Crippen LogP contribution in [0.5, 0.6) is 11.5 Å². The Labute approximate surface area is 603 Å². The number of alkyl halides is 9. The fourth-order valence-electron chi connectivity index (χ4n) is 16.7. The molecule has 0 saturated heterocycles. The first kappa shape index (κ1) is 83.1. The molecule has 4 saturated carbocycles. The molecule has 2 aromatic rings. The van der Waals surface area contributed by atoms with Crippen LogP contribution < -0.4 is 9.47 Å². The van der Waals surface area contributed by atoms with Gasteiger partial charge in [-0.25, -0.2) is 9.78 Å². The number of nitrogens with zero attached hydrogens (tertiary/aromatic N) is 2. The van der Waals surface area contributed by atoms with Crippen molar-refractivity contribution in [3.05, 3.63) is 58.7 Å². The standard InChI is InChI=1S/C76H119F9N2O8S4/c1-68(2,36-44-88-56-22-26-58-54(52-56)20-24-62-60(58)32-34-71(7)64(62)28-30-66(71)90-46-38-86(10)40-48-92-70(5,6)74(77,78)79)98-96-50-18-14-12-16-42-94-95-43-17-13-15-19-51-97-99-69(3,4)37-45-89-57-23-27-59-55(53-57)21-25-63-61(59)33-35-72(8)65(63)29-31-67(72)91-47-39-87(11)41-49-93-73(9,75(80,81)82)76(83,84)85/h22-23,26-27,52-53,60-67H,12-21,24-25,28-51H2,1-11H3. The van der Waals surface area contributed by atoms with Gasteiger partial charge in [-0.15, -0.1) is 0 Å². The molecular formula is C76H119F9N2O8S4. The molecule has 4 fully saturated rings. The second-order valence-electron chi connectivity index (χ2n) is 31.9. The molecule has 0 aromatic heterocycles. The molecule has 0 heterocycles. The van der Waals surface area contributed by atoms with Crippen LogP contribution in [0.15, 0.2) is 36.4 Å². The van der Waals surface area contributed by atoms with Crippen LogP contribution in [0.4, 0.5) is 39.5 Å². The maximum atomic E-state index is 13.2. The fraction of sp³-hybridized carbons (Fsp3) is 0.842. The van der Waals surface area contributed by atoms with E-state index in [0.717, 1.165) is 133 Å². The van der Waals surface area contributed by atoms with Gasteiger partial charge in [-0.3, -0.25) is 0 Å². The smallest absolute Gasteiger partial charge is 0.426 e. The second kappa shape index (κ2) is 36.9. The van der Waals surface area contributed by atoms with E-state index >= 15 is 0 Å². The van der Waals surface area contributed by atoms with Crippen LogP contribution in [0.1, 0.15) is 225 Å². The Morgan fingerprint density at radius 2 is 0.859 bits per heavy atom. The number of unbranched alkanes of at least 4 members (excludes halogenated alkanes) is 6. The lowest BCUT2D eigenvalue weighted by Crippen LogP contribution is -2.57. The van der Waals surface area contributed by atoms with Crippen molar-refractivity contribution >= 4 is 43.2 Å². The van der Waals surface area contributed by atoms with Crippen molar-refractivity contribution in [2.45, 2.75) is 267 Å². The molecule has 10 unspecified atom stereocenters. The van der Waals surface area contributed by atoms with E-state index in [9.17, 15) is 39.5 Å². The number of halogens is 9. The van der Waals surface area contributed by atoms with Gasteiger partial charge in [0.15, 0.2) is 5.60 Å². The number of hydrogen-bond acceptors (Lipinski definition) is 14. The first-order valence-corrected chi connectivity index (χ1v) is 41.8. The molecule has 0 amide bonds. The van der Waals surface area contributed by atoms with Gasteiger partial charge < -0.3 is 38.2 Å². The molecule has 0 spiro atoms. The van der Waals surface area contributed by atoms with Gasteiger partial charge in [-0.05, 0) is 271 Å². The summed E-state index contributed by atoms with van der Waals surface area (Å²) in [5.74, 6) is 7.69. The summed E-state index contributed by atoms with van der Waals surface area (Å²) in [5.41, 5.74) is -0.343. The topological polar surface area (TPSA) is 80.3 Å². The van der Waals surface area contributed by atoms with Gasteiger partial charge in [0.05, 0.1) is 65.1 Å². The number of hydrogen-bond donors (Lipinski definition) is 0. The minimum Gasteiger partial charge on any atom is -0.494 e. The van der Waals surface area contributed by atoms with Crippen LogP contribution in [-0.2, 0) is 41.6 Å². The van der Waals surface area contributed by atoms with Crippen LogP contribution in [0, 0.1) is 34.5 Å². The van der Waals surface area contributed by atoms with Crippen LogP contribution in [-0.4, -0.2) is 166 Å². The van der Waals surface area contributed by atoms with E-state index in [1.807, 2.05) is 55.1 Å². The third-order valence-electron chi connectivity index (χ3n) is 23.4. The third-order valence-corrected chi connectivity index (χ3v) is 30.3. The molecule has 0 radical (unpaired) electrons. The predicted molar refractivity (Wildman–Crippen MR) is 386 cm³/mol. The molecule has 6 aliphatic rings. The Hall–Kier alpha value is -1.51. The van der Waals surface area contributed by atoms with E-state index in [4.69, 9.17) is 33.5 Å². The Morgan fingerprint density at radius 1 is 0.455 bits per heavy atom. The summed E-state index contributed by atoms with van der Waals surface area (Å²) in [5, 5.41) is 0. The normalized spacial score (nSPS) is 25.9. The highest BCUT2D eigenvalue weighted by molar-refractivity contribution is 8.77. The first-order valence-electron chi connectivity index (χ1n) is 37.1. The summed E-state index contributed by atoms with van der Waals surface area (Å²) < 4.78 is 155. The third kappa shape index (κ3) is 22.8. The van der Waals surface area contributed by atoms with E-state index in [1.54, 1.807) is 11.9 Å². The van der Waals surface area contributed by atoms with Gasteiger partial charge >= 0.3 is 18.5 Å². The molecule has 2 aromatic carbocycles. The molecule has 99 heavy (non-hydrogen) atoms. The Bertz CT molecular complexity index is 2750. The summed E-state index contributed by atoms with van der Waals surface area (Å²) in [6.07, 6.45) is 8.94. The minimum atomic E-state index is -5.57. The molecular weight excluding hydrogens is 1370 g/mol. The van der Waals surface area contributed by atoms with E-state index in [0.29, 0.717) is 94.8 Å². The quantitative estimate of drug-likeness (QED) is 0.0208. The molecule has 0 aliphatic heterocycles. The van der Waals surface area contributed by atoms with Gasteiger partial charge in [-0.2, -0.15) is 39.5 Å². The highest BCUT2D eigenvalue weighted by atomic mass is 33.1. The number of ether oxygens (including phenoxy) is 6. The van der Waals surface area contributed by atoms with Crippen molar-refractivity contribution in [1.29, 1.82) is 0 Å². The molecule has 10 nitrogen and oxygen atoms in total. The summed E-state index contributed by atoms with van der Waals surface area (Å²) in [6, 6.07) is 13.6. The number of benzene rings is 2. The monoisotopic (exact) mass is 1490 g/mol. The Morgan fingerprint density at radius 3 is 1.27 bits per heavy atom. The molecule has 0 N–H and O–H groups in total. The number of fused-ring (bicyclic) bond motifs is 10. The SMILES string of the molecule is CN(CCOC1CCC2C3CCc4cc(OCCC(C)(C)SSCCCCCCOOCCCCCCSSC(C)(C)CCOc5ccc6c(c5)CCC5C6CCC6(C)C(OCCN(C)CCOC(C)(C(F)(F)F)C(F)(F)F)CCC56)ccc4C3CCC12C)CCOC(C)(C)C(F)(F)F. The van der Waals surface area contributed by atoms with Crippen LogP contribution in [0.2, 0.25) is 0 Å².